The van der Waals surface area contributed by atoms with Crippen molar-refractivity contribution in [1.82, 2.24) is 10.6 Å². The van der Waals surface area contributed by atoms with Crippen LogP contribution < -0.4 is 10.6 Å². The lowest BCUT2D eigenvalue weighted by molar-refractivity contribution is -0.118. The zero-order valence-electron chi connectivity index (χ0n) is 23.8. The molecule has 10 heteroatoms. The number of epoxide rings is 1. The maximum absolute atomic E-state index is 13.1. The van der Waals surface area contributed by atoms with Crippen LogP contribution in [0.25, 0.3) is 6.08 Å². The van der Waals surface area contributed by atoms with Gasteiger partial charge in [0.05, 0.1) is 24.4 Å². The van der Waals surface area contributed by atoms with E-state index in [1.807, 2.05) is 12.1 Å². The number of aliphatic hydroxyl groups excluding tert-OH is 1. The van der Waals surface area contributed by atoms with Crippen LogP contribution in [-0.2, 0) is 30.3 Å². The van der Waals surface area contributed by atoms with Gasteiger partial charge in [-0.2, -0.15) is 0 Å². The van der Waals surface area contributed by atoms with Crippen LogP contribution in [0.2, 0.25) is 0 Å². The Morgan fingerprint density at radius 2 is 1.84 bits per heavy atom. The van der Waals surface area contributed by atoms with Crippen LogP contribution in [0.1, 0.15) is 57.5 Å². The summed E-state index contributed by atoms with van der Waals surface area (Å²) in [5.74, 6) is -0.585. The minimum absolute atomic E-state index is 0.0511. The molecule has 0 aromatic heterocycles. The molecule has 2 amide bonds. The lowest BCUT2D eigenvalue weighted by Gasteiger charge is -2.30. The number of hydrogen-bond acceptors (Lipinski definition) is 8. The van der Waals surface area contributed by atoms with Crippen LogP contribution in [0.15, 0.2) is 66.3 Å². The smallest absolute Gasteiger partial charge is 0.338 e. The van der Waals surface area contributed by atoms with E-state index in [4.69, 9.17) is 24.1 Å². The molecular weight excluding hydrogens is 552 g/mol. The van der Waals surface area contributed by atoms with Gasteiger partial charge in [-0.3, -0.25) is 9.59 Å². The molecule has 2 aromatic carbocycles. The van der Waals surface area contributed by atoms with Crippen LogP contribution >= 0.6 is 0 Å². The van der Waals surface area contributed by atoms with Crippen molar-refractivity contribution in [2.45, 2.75) is 62.7 Å². The first-order chi connectivity index (χ1) is 21.0. The number of benzene rings is 2. The first-order valence-corrected chi connectivity index (χ1v) is 14.8. The minimum atomic E-state index is -0.691. The highest BCUT2D eigenvalue weighted by Gasteiger charge is 2.43. The number of amides is 2. The van der Waals surface area contributed by atoms with Gasteiger partial charge in [-0.15, -0.1) is 0 Å². The Balaban J connectivity index is 1.04. The topological polar surface area (TPSA) is 136 Å². The van der Waals surface area contributed by atoms with E-state index in [9.17, 15) is 14.4 Å². The fourth-order valence-corrected chi connectivity index (χ4v) is 5.91. The van der Waals surface area contributed by atoms with Gasteiger partial charge in [-0.1, -0.05) is 36.4 Å². The third-order valence-electron chi connectivity index (χ3n) is 8.34. The van der Waals surface area contributed by atoms with Crippen molar-refractivity contribution in [1.29, 1.82) is 0 Å². The lowest BCUT2D eigenvalue weighted by atomic mass is 9.89. The number of aliphatic hydroxyl groups is 1. The number of allylic oxidation sites excluding steroid dienone is 1. The summed E-state index contributed by atoms with van der Waals surface area (Å²) in [5.41, 5.74) is 3.04. The zero-order valence-corrected chi connectivity index (χ0v) is 23.8. The van der Waals surface area contributed by atoms with Gasteiger partial charge >= 0.3 is 5.97 Å². The van der Waals surface area contributed by atoms with Crippen molar-refractivity contribution in [2.75, 3.05) is 19.9 Å². The van der Waals surface area contributed by atoms with Gasteiger partial charge < -0.3 is 34.7 Å². The number of carbonyl (C=O) groups excluding carboxylic acids is 3. The Hall–Kier alpha value is -3.83. The molecule has 2 aliphatic heterocycles. The normalized spacial score (nSPS) is 27.5. The van der Waals surface area contributed by atoms with Crippen LogP contribution in [0, 0.1) is 5.92 Å². The second-order valence-electron chi connectivity index (χ2n) is 11.4. The maximum atomic E-state index is 13.1. The van der Waals surface area contributed by atoms with Gasteiger partial charge in [-0.25, -0.2) is 4.79 Å². The summed E-state index contributed by atoms with van der Waals surface area (Å²) in [6, 6.07) is 14.2. The maximum Gasteiger partial charge on any atom is 0.338 e. The second kappa shape index (κ2) is 13.2. The molecule has 43 heavy (non-hydrogen) atoms. The third kappa shape index (κ3) is 7.22. The Kier molecular flexibility index (Phi) is 8.99. The summed E-state index contributed by atoms with van der Waals surface area (Å²) in [7, 11) is 0. The van der Waals surface area contributed by atoms with Crippen LogP contribution in [0.4, 0.5) is 0 Å². The van der Waals surface area contributed by atoms with Gasteiger partial charge in [0.2, 0.25) is 5.91 Å². The molecule has 6 atom stereocenters. The molecule has 10 nitrogen and oxygen atoms in total. The molecule has 226 valence electrons. The molecular formula is C33H36N2O8. The number of esters is 1. The number of ether oxygens (including phenoxy) is 4. The van der Waals surface area contributed by atoms with E-state index in [0.717, 1.165) is 30.4 Å². The number of nitrogens with one attached hydrogen (secondary N) is 2. The minimum Gasteiger partial charge on any atom is -0.456 e. The fraction of sp³-hybridized carbons (Fsp3) is 0.424. The lowest BCUT2D eigenvalue weighted by Crippen LogP contribution is -2.43. The fourth-order valence-electron chi connectivity index (χ4n) is 5.91. The molecule has 2 saturated heterocycles. The molecule has 3 fully saturated rings. The molecule has 4 aliphatic rings. The van der Waals surface area contributed by atoms with E-state index in [0.29, 0.717) is 34.8 Å². The molecule has 2 aromatic rings. The molecule has 2 heterocycles. The second-order valence-corrected chi connectivity index (χ2v) is 11.4. The van der Waals surface area contributed by atoms with Crippen molar-refractivity contribution in [3.63, 3.8) is 0 Å². The largest absolute Gasteiger partial charge is 0.456 e. The standard InChI is InChI=1S/C33H36N2O8/c36-13-12-34-31(37)24-3-1-2-22(14-24)18-35-32(38)25-16-28-30(41-19-40-28)29(17-25)43-33(39)23-9-6-20(7-10-23)4-5-21-8-11-26-27(15-21)42-26/h1-7,9-10,14,16,21,26-30,36H,8,11-13,15,17-19H2,(H,34,37)(H,35,38)/t21?,26?,27?,28-,29-,30-/m1/s1. The Labute approximate surface area is 250 Å². The van der Waals surface area contributed by atoms with Crippen LogP contribution in [0.3, 0.4) is 0 Å². The van der Waals surface area contributed by atoms with Crippen LogP contribution in [0.5, 0.6) is 0 Å². The zero-order chi connectivity index (χ0) is 29.8. The number of rotatable bonds is 10. The van der Waals surface area contributed by atoms with E-state index < -0.39 is 24.3 Å². The Morgan fingerprint density at radius 3 is 2.65 bits per heavy atom. The molecule has 1 saturated carbocycles. The highest BCUT2D eigenvalue weighted by molar-refractivity contribution is 5.95. The molecule has 3 unspecified atom stereocenters. The predicted octanol–water partition coefficient (Wildman–Crippen LogP) is 2.90. The van der Waals surface area contributed by atoms with Gasteiger partial charge in [0, 0.05) is 30.6 Å². The Morgan fingerprint density at radius 1 is 0.977 bits per heavy atom. The van der Waals surface area contributed by atoms with Gasteiger partial charge in [0.25, 0.3) is 5.91 Å². The van der Waals surface area contributed by atoms with E-state index in [2.05, 4.69) is 22.8 Å². The summed E-state index contributed by atoms with van der Waals surface area (Å²) in [4.78, 5) is 38.4. The van der Waals surface area contributed by atoms with Crippen molar-refractivity contribution in [2.24, 2.45) is 5.92 Å². The molecule has 0 spiro atoms. The average molecular weight is 589 g/mol. The third-order valence-corrected chi connectivity index (χ3v) is 8.34. The van der Waals surface area contributed by atoms with Crippen molar-refractivity contribution in [3.8, 4) is 0 Å². The van der Waals surface area contributed by atoms with E-state index >= 15 is 0 Å². The first-order valence-electron chi connectivity index (χ1n) is 14.8. The summed E-state index contributed by atoms with van der Waals surface area (Å²) >= 11 is 0. The van der Waals surface area contributed by atoms with E-state index in [-0.39, 0.29) is 44.7 Å². The molecule has 0 bridgehead atoms. The monoisotopic (exact) mass is 588 g/mol. The van der Waals surface area contributed by atoms with Gasteiger partial charge in [-0.05, 0) is 66.6 Å². The van der Waals surface area contributed by atoms with Crippen LogP contribution in [-0.4, -0.2) is 73.4 Å². The van der Waals surface area contributed by atoms with E-state index in [1.165, 1.54) is 0 Å². The average Bonchev–Trinajstić information content (AvgIpc) is 3.65. The van der Waals surface area contributed by atoms with Crippen molar-refractivity contribution >= 4 is 23.9 Å². The highest BCUT2D eigenvalue weighted by atomic mass is 16.7. The Bertz CT molecular complexity index is 1400. The summed E-state index contributed by atoms with van der Waals surface area (Å²) in [6.07, 6.45) is 8.80. The SMILES string of the molecule is O=C(NCc1cccc(C(=O)NCCO)c1)C1=C[C@H]2OCO[C@H]2[C@H](OC(=O)c2ccc(C=CC3CCC4OC4C3)cc2)C1. The molecule has 3 N–H and O–H groups in total. The number of hydrogen-bond donors (Lipinski definition) is 3. The van der Waals surface area contributed by atoms with Crippen molar-refractivity contribution < 1.29 is 38.4 Å². The highest BCUT2D eigenvalue weighted by Crippen LogP contribution is 2.40. The van der Waals surface area contributed by atoms with Gasteiger partial charge in [0.15, 0.2) is 0 Å². The molecule has 0 radical (unpaired) electrons. The van der Waals surface area contributed by atoms with E-state index in [1.54, 1.807) is 42.5 Å². The summed E-state index contributed by atoms with van der Waals surface area (Å²) in [5, 5.41) is 14.4. The predicted molar refractivity (Wildman–Crippen MR) is 156 cm³/mol. The quantitative estimate of drug-likeness (QED) is 0.285. The number of carbonyl (C=O) groups is 3. The van der Waals surface area contributed by atoms with Gasteiger partial charge in [0.1, 0.15) is 25.1 Å². The molecule has 6 rings (SSSR count). The summed E-state index contributed by atoms with van der Waals surface area (Å²) < 4.78 is 22.8. The molecule has 2 aliphatic carbocycles. The number of fused-ring (bicyclic) bond motifs is 2. The summed E-state index contributed by atoms with van der Waals surface area (Å²) in [6.45, 7) is 0.262. The van der Waals surface area contributed by atoms with Crippen molar-refractivity contribution in [3.05, 3.63) is 88.5 Å². The first kappa shape index (κ1) is 29.3.